The maximum atomic E-state index is 12.7. The third-order valence-corrected chi connectivity index (χ3v) is 5.95. The van der Waals surface area contributed by atoms with Crippen LogP contribution in [0.15, 0.2) is 34.5 Å². The number of nitrogens with two attached hydrogens (primary N) is 1. The maximum Gasteiger partial charge on any atom is 0.352 e. The van der Waals surface area contributed by atoms with Crippen LogP contribution < -0.4 is 11.1 Å². The van der Waals surface area contributed by atoms with Crippen LogP contribution in [0, 0.1) is 0 Å². The highest BCUT2D eigenvalue weighted by molar-refractivity contribution is 8.00. The Hall–Kier alpha value is -2.90. The van der Waals surface area contributed by atoms with Crippen LogP contribution in [0.2, 0.25) is 0 Å². The summed E-state index contributed by atoms with van der Waals surface area (Å²) in [6, 6.07) is -0.980. The SMILES string of the molecule is C=CC1=C(C(=O)O)N2C(=O)C(NC(=O)/C(=N\OC(C)=O)c3csc(N)n3)[C@@H]2SC1.Cl. The number of nitrogens with zero attached hydrogens (tertiary/aromatic N) is 3. The fourth-order valence-corrected chi connectivity index (χ4v) is 4.61. The monoisotopic (exact) mass is 473 g/mol. The van der Waals surface area contributed by atoms with Gasteiger partial charge >= 0.3 is 11.9 Å². The van der Waals surface area contributed by atoms with Crippen molar-refractivity contribution in [2.75, 3.05) is 11.5 Å². The van der Waals surface area contributed by atoms with E-state index in [1.54, 1.807) is 0 Å². The molecule has 2 amide bonds. The number of nitrogens with one attached hydrogen (secondary N) is 1. The standard InChI is InChI=1S/C16H15N5O6S2.ClH/c1-3-7-4-28-14-10(13(24)21(14)11(7)15(25)26)19-12(23)9(20-27-6(2)22)8-5-29-16(17)18-8;/h3,5,10,14H,1,4H2,2H3,(H2,17,18)(H,19,23)(H,25,26);1H/b20-9-;/t10?,14-;/m0./s1. The number of carboxylic acid groups (broad SMARTS) is 1. The van der Waals surface area contributed by atoms with Crippen LogP contribution in [0.1, 0.15) is 12.6 Å². The number of carbonyl (C=O) groups excluding carboxylic acids is 3. The van der Waals surface area contributed by atoms with E-state index in [0.717, 1.165) is 23.2 Å². The zero-order valence-electron chi connectivity index (χ0n) is 15.4. The highest BCUT2D eigenvalue weighted by atomic mass is 35.5. The minimum atomic E-state index is -1.25. The van der Waals surface area contributed by atoms with Crippen LogP contribution in [0.5, 0.6) is 0 Å². The van der Waals surface area contributed by atoms with Crippen molar-refractivity contribution in [1.82, 2.24) is 15.2 Å². The van der Waals surface area contributed by atoms with Crippen molar-refractivity contribution >= 4 is 70.1 Å². The molecule has 1 aromatic rings. The van der Waals surface area contributed by atoms with Crippen LogP contribution in [0.3, 0.4) is 0 Å². The van der Waals surface area contributed by atoms with Crippen molar-refractivity contribution in [3.8, 4) is 0 Å². The van der Waals surface area contributed by atoms with E-state index >= 15 is 0 Å². The van der Waals surface area contributed by atoms with E-state index in [0.29, 0.717) is 11.3 Å². The average molecular weight is 474 g/mol. The van der Waals surface area contributed by atoms with Crippen molar-refractivity contribution in [2.45, 2.75) is 18.3 Å². The number of carbonyl (C=O) groups is 4. The number of carboxylic acids is 1. The van der Waals surface area contributed by atoms with E-state index in [1.165, 1.54) is 23.2 Å². The Labute approximate surface area is 184 Å². The summed E-state index contributed by atoms with van der Waals surface area (Å²) in [7, 11) is 0. The first-order valence-electron chi connectivity index (χ1n) is 8.06. The quantitative estimate of drug-likeness (QED) is 0.228. The number of anilines is 1. The van der Waals surface area contributed by atoms with Crippen molar-refractivity contribution in [2.24, 2.45) is 5.16 Å². The normalized spacial score (nSPS) is 20.5. The summed E-state index contributed by atoms with van der Waals surface area (Å²) in [5.41, 5.74) is 5.58. The Morgan fingerprint density at radius 1 is 1.50 bits per heavy atom. The van der Waals surface area contributed by atoms with Crippen molar-refractivity contribution in [1.29, 1.82) is 0 Å². The molecule has 0 saturated carbocycles. The minimum absolute atomic E-state index is 0. The van der Waals surface area contributed by atoms with Crippen LogP contribution in [0.4, 0.5) is 5.13 Å². The first-order chi connectivity index (χ1) is 13.7. The highest BCUT2D eigenvalue weighted by Crippen LogP contribution is 2.40. The lowest BCUT2D eigenvalue weighted by atomic mass is 10.0. The lowest BCUT2D eigenvalue weighted by Gasteiger charge is -2.49. The molecule has 4 N–H and O–H groups in total. The average Bonchev–Trinajstić information content (AvgIpc) is 3.10. The van der Waals surface area contributed by atoms with Gasteiger partial charge in [-0.05, 0) is 5.57 Å². The topological polar surface area (TPSA) is 164 Å². The van der Waals surface area contributed by atoms with Crippen molar-refractivity contribution < 1.29 is 29.1 Å². The molecular formula is C16H16ClN5O6S2. The van der Waals surface area contributed by atoms with E-state index in [2.05, 4.69) is 26.9 Å². The molecule has 2 aliphatic heterocycles. The van der Waals surface area contributed by atoms with Gasteiger partial charge < -0.3 is 21.0 Å². The molecule has 1 saturated heterocycles. The predicted octanol–water partition coefficient (Wildman–Crippen LogP) is 0.339. The zero-order valence-corrected chi connectivity index (χ0v) is 17.8. The number of amides is 2. The second-order valence-corrected chi connectivity index (χ2v) is 7.83. The van der Waals surface area contributed by atoms with Gasteiger partial charge in [0, 0.05) is 18.1 Å². The smallest absolute Gasteiger partial charge is 0.352 e. The summed E-state index contributed by atoms with van der Waals surface area (Å²) in [5.74, 6) is -3.08. The zero-order chi connectivity index (χ0) is 21.3. The van der Waals surface area contributed by atoms with Gasteiger partial charge in [-0.15, -0.1) is 35.5 Å². The molecule has 3 rings (SSSR count). The lowest BCUT2D eigenvalue weighted by Crippen LogP contribution is -2.71. The molecule has 14 heteroatoms. The molecule has 0 aromatic carbocycles. The van der Waals surface area contributed by atoms with Crippen molar-refractivity contribution in [3.05, 3.63) is 35.0 Å². The molecular weight excluding hydrogens is 458 g/mol. The second kappa shape index (κ2) is 9.28. The Balaban J connectivity index is 0.00000320. The Kier molecular flexibility index (Phi) is 7.23. The van der Waals surface area contributed by atoms with Gasteiger partial charge in [0.2, 0.25) is 0 Å². The molecule has 0 radical (unpaired) electrons. The van der Waals surface area contributed by atoms with Gasteiger partial charge in [0.15, 0.2) is 10.8 Å². The summed E-state index contributed by atoms with van der Waals surface area (Å²) in [4.78, 5) is 57.4. The summed E-state index contributed by atoms with van der Waals surface area (Å²) in [5, 5.41) is 16.5. The molecule has 0 spiro atoms. The number of thiazole rings is 1. The van der Waals surface area contributed by atoms with E-state index in [-0.39, 0.29) is 34.6 Å². The number of oxime groups is 1. The van der Waals surface area contributed by atoms with Gasteiger partial charge in [0.05, 0.1) is 0 Å². The van der Waals surface area contributed by atoms with E-state index in [1.807, 2.05) is 0 Å². The fraction of sp³-hybridized carbons (Fsp3) is 0.250. The summed E-state index contributed by atoms with van der Waals surface area (Å²) < 4.78 is 0. The van der Waals surface area contributed by atoms with E-state index < -0.39 is 35.2 Å². The van der Waals surface area contributed by atoms with Crippen LogP contribution in [-0.4, -0.2) is 61.6 Å². The van der Waals surface area contributed by atoms with Gasteiger partial charge in [-0.2, -0.15) is 0 Å². The number of aliphatic carboxylic acids is 1. The number of fused-ring (bicyclic) bond motifs is 1. The molecule has 0 bridgehead atoms. The van der Waals surface area contributed by atoms with Crippen LogP contribution in [-0.2, 0) is 24.0 Å². The van der Waals surface area contributed by atoms with Crippen LogP contribution >= 0.6 is 35.5 Å². The largest absolute Gasteiger partial charge is 0.477 e. The number of hydrogen-bond acceptors (Lipinski definition) is 10. The number of nitrogen functional groups attached to an aromatic ring is 1. The molecule has 30 heavy (non-hydrogen) atoms. The Bertz CT molecular complexity index is 991. The number of β-lactam (4-membered cyclic amide) rings is 1. The number of aromatic nitrogens is 1. The molecule has 1 unspecified atom stereocenters. The third kappa shape index (κ3) is 4.32. The molecule has 2 atom stereocenters. The van der Waals surface area contributed by atoms with Gasteiger partial charge in [-0.25, -0.2) is 14.6 Å². The molecule has 0 aliphatic carbocycles. The number of thioether (sulfide) groups is 1. The first-order valence-corrected chi connectivity index (χ1v) is 9.98. The third-order valence-electron chi connectivity index (χ3n) is 3.98. The second-order valence-electron chi connectivity index (χ2n) is 5.84. The predicted molar refractivity (Wildman–Crippen MR) is 112 cm³/mol. The number of hydrogen-bond donors (Lipinski definition) is 3. The van der Waals surface area contributed by atoms with Gasteiger partial charge in [-0.1, -0.05) is 17.8 Å². The fourth-order valence-electron chi connectivity index (χ4n) is 2.72. The number of allylic oxidation sites excluding steroid dienone is 1. The van der Waals surface area contributed by atoms with E-state index in [4.69, 9.17) is 5.73 Å². The van der Waals surface area contributed by atoms with Gasteiger partial charge in [0.1, 0.15) is 22.8 Å². The summed E-state index contributed by atoms with van der Waals surface area (Å²) in [6.07, 6.45) is 1.39. The molecule has 1 aromatic heterocycles. The van der Waals surface area contributed by atoms with Gasteiger partial charge in [0.25, 0.3) is 11.8 Å². The summed E-state index contributed by atoms with van der Waals surface area (Å²) >= 11 is 2.34. The number of halogens is 1. The summed E-state index contributed by atoms with van der Waals surface area (Å²) in [6.45, 7) is 4.68. The highest BCUT2D eigenvalue weighted by Gasteiger charge is 2.54. The van der Waals surface area contributed by atoms with Crippen LogP contribution in [0.25, 0.3) is 0 Å². The maximum absolute atomic E-state index is 12.7. The Morgan fingerprint density at radius 3 is 2.73 bits per heavy atom. The molecule has 1 fully saturated rings. The van der Waals surface area contributed by atoms with Crippen molar-refractivity contribution in [3.63, 3.8) is 0 Å². The Morgan fingerprint density at radius 2 is 2.20 bits per heavy atom. The molecule has 11 nitrogen and oxygen atoms in total. The minimum Gasteiger partial charge on any atom is -0.477 e. The molecule has 3 heterocycles. The molecule has 160 valence electrons. The first kappa shape index (κ1) is 23.4. The van der Waals surface area contributed by atoms with E-state index in [9.17, 15) is 24.3 Å². The lowest BCUT2D eigenvalue weighted by molar-refractivity contribution is -0.150. The van der Waals surface area contributed by atoms with Gasteiger partial charge in [-0.3, -0.25) is 14.5 Å². The molecule has 2 aliphatic rings. The number of rotatable bonds is 6.